The number of hydrogen-bond acceptors (Lipinski definition) is 2. The van der Waals surface area contributed by atoms with Gasteiger partial charge in [-0.2, -0.15) is 0 Å². The first-order valence-electron chi connectivity index (χ1n) is 7.05. The van der Waals surface area contributed by atoms with Gasteiger partial charge in [-0.3, -0.25) is 0 Å². The second-order valence-corrected chi connectivity index (χ2v) is 5.47. The SMILES string of the molecule is CCNC1CCCCC1CCOCC(C)C. The van der Waals surface area contributed by atoms with Crippen LogP contribution in [0.15, 0.2) is 0 Å². The zero-order chi connectivity index (χ0) is 11.8. The molecule has 1 aliphatic rings. The lowest BCUT2D eigenvalue weighted by Crippen LogP contribution is -2.38. The predicted molar refractivity (Wildman–Crippen MR) is 69.7 cm³/mol. The van der Waals surface area contributed by atoms with Gasteiger partial charge in [-0.25, -0.2) is 0 Å². The zero-order valence-corrected chi connectivity index (χ0v) is 11.3. The van der Waals surface area contributed by atoms with Gasteiger partial charge in [0.1, 0.15) is 0 Å². The van der Waals surface area contributed by atoms with Crippen molar-refractivity contribution in [1.82, 2.24) is 5.32 Å². The molecular weight excluding hydrogens is 198 g/mol. The van der Waals surface area contributed by atoms with Gasteiger partial charge in [0.15, 0.2) is 0 Å². The van der Waals surface area contributed by atoms with Crippen LogP contribution < -0.4 is 5.32 Å². The molecule has 0 saturated heterocycles. The normalized spacial score (nSPS) is 26.2. The molecule has 0 bridgehead atoms. The van der Waals surface area contributed by atoms with Gasteiger partial charge in [-0.15, -0.1) is 0 Å². The summed E-state index contributed by atoms with van der Waals surface area (Å²) in [7, 11) is 0. The van der Waals surface area contributed by atoms with Crippen molar-refractivity contribution >= 4 is 0 Å². The van der Waals surface area contributed by atoms with Gasteiger partial charge in [0.2, 0.25) is 0 Å². The third kappa shape index (κ3) is 5.31. The molecule has 1 rings (SSSR count). The Bertz CT molecular complexity index is 168. The van der Waals surface area contributed by atoms with Gasteiger partial charge in [0.25, 0.3) is 0 Å². The molecule has 0 aromatic heterocycles. The predicted octanol–water partition coefficient (Wildman–Crippen LogP) is 3.22. The molecule has 0 amide bonds. The number of ether oxygens (including phenoxy) is 1. The molecule has 16 heavy (non-hydrogen) atoms. The first-order chi connectivity index (χ1) is 7.74. The molecule has 0 aromatic rings. The maximum Gasteiger partial charge on any atom is 0.0488 e. The van der Waals surface area contributed by atoms with Gasteiger partial charge >= 0.3 is 0 Å². The van der Waals surface area contributed by atoms with Crippen LogP contribution in [0.25, 0.3) is 0 Å². The third-order valence-electron chi connectivity index (χ3n) is 3.46. The van der Waals surface area contributed by atoms with Gasteiger partial charge < -0.3 is 10.1 Å². The summed E-state index contributed by atoms with van der Waals surface area (Å²) < 4.78 is 5.70. The maximum absolute atomic E-state index is 5.70. The van der Waals surface area contributed by atoms with Crippen molar-refractivity contribution in [1.29, 1.82) is 0 Å². The minimum Gasteiger partial charge on any atom is -0.381 e. The van der Waals surface area contributed by atoms with E-state index >= 15 is 0 Å². The Balaban J connectivity index is 2.16. The lowest BCUT2D eigenvalue weighted by atomic mass is 9.82. The topological polar surface area (TPSA) is 21.3 Å². The molecule has 1 saturated carbocycles. The molecule has 1 N–H and O–H groups in total. The molecule has 0 radical (unpaired) electrons. The van der Waals surface area contributed by atoms with E-state index in [9.17, 15) is 0 Å². The standard InChI is InChI=1S/C14H29NO/c1-4-15-14-8-6-5-7-13(14)9-10-16-11-12(2)3/h12-15H,4-11H2,1-3H3. The highest BCUT2D eigenvalue weighted by Gasteiger charge is 2.23. The van der Waals surface area contributed by atoms with Crippen molar-refractivity contribution in [2.45, 2.75) is 58.9 Å². The number of nitrogens with one attached hydrogen (secondary N) is 1. The number of hydrogen-bond donors (Lipinski definition) is 1. The van der Waals surface area contributed by atoms with E-state index in [0.717, 1.165) is 31.7 Å². The van der Waals surface area contributed by atoms with Crippen molar-refractivity contribution in [3.63, 3.8) is 0 Å². The Labute approximate surface area is 101 Å². The lowest BCUT2D eigenvalue weighted by molar-refractivity contribution is 0.0869. The molecule has 96 valence electrons. The lowest BCUT2D eigenvalue weighted by Gasteiger charge is -2.32. The van der Waals surface area contributed by atoms with E-state index in [1.54, 1.807) is 0 Å². The Morgan fingerprint density at radius 3 is 2.69 bits per heavy atom. The minimum absolute atomic E-state index is 0.663. The minimum atomic E-state index is 0.663. The smallest absolute Gasteiger partial charge is 0.0488 e. The highest BCUT2D eigenvalue weighted by molar-refractivity contribution is 4.80. The van der Waals surface area contributed by atoms with E-state index in [2.05, 4.69) is 26.1 Å². The van der Waals surface area contributed by atoms with E-state index in [-0.39, 0.29) is 0 Å². The Morgan fingerprint density at radius 1 is 1.25 bits per heavy atom. The Hall–Kier alpha value is -0.0800. The van der Waals surface area contributed by atoms with Crippen LogP contribution in [0.5, 0.6) is 0 Å². The summed E-state index contributed by atoms with van der Waals surface area (Å²) in [5.74, 6) is 1.51. The van der Waals surface area contributed by atoms with E-state index in [0.29, 0.717) is 5.92 Å². The van der Waals surface area contributed by atoms with Gasteiger partial charge in [-0.05, 0) is 37.6 Å². The maximum atomic E-state index is 5.70. The summed E-state index contributed by atoms with van der Waals surface area (Å²) in [5.41, 5.74) is 0. The summed E-state index contributed by atoms with van der Waals surface area (Å²) in [6.45, 7) is 9.60. The van der Waals surface area contributed by atoms with Crippen LogP contribution in [0.4, 0.5) is 0 Å². The van der Waals surface area contributed by atoms with E-state index in [4.69, 9.17) is 4.74 Å². The molecule has 0 heterocycles. The third-order valence-corrected chi connectivity index (χ3v) is 3.46. The highest BCUT2D eigenvalue weighted by atomic mass is 16.5. The van der Waals surface area contributed by atoms with Crippen LogP contribution in [0.3, 0.4) is 0 Å². The van der Waals surface area contributed by atoms with Gasteiger partial charge in [-0.1, -0.05) is 33.6 Å². The molecule has 0 aromatic carbocycles. The van der Waals surface area contributed by atoms with E-state index in [1.807, 2.05) is 0 Å². The summed E-state index contributed by atoms with van der Waals surface area (Å²) in [6.07, 6.45) is 6.81. The molecule has 1 fully saturated rings. The average molecular weight is 227 g/mol. The molecule has 2 unspecified atom stereocenters. The van der Waals surface area contributed by atoms with Crippen molar-refractivity contribution in [2.75, 3.05) is 19.8 Å². The van der Waals surface area contributed by atoms with Crippen LogP contribution >= 0.6 is 0 Å². The van der Waals surface area contributed by atoms with Gasteiger partial charge in [0, 0.05) is 19.3 Å². The molecule has 2 nitrogen and oxygen atoms in total. The van der Waals surface area contributed by atoms with Crippen molar-refractivity contribution in [2.24, 2.45) is 11.8 Å². The molecule has 0 spiro atoms. The molecule has 2 atom stereocenters. The monoisotopic (exact) mass is 227 g/mol. The second kappa shape index (κ2) is 8.08. The molecule has 1 aliphatic carbocycles. The fraction of sp³-hybridized carbons (Fsp3) is 1.00. The van der Waals surface area contributed by atoms with E-state index in [1.165, 1.54) is 32.1 Å². The van der Waals surface area contributed by atoms with Crippen LogP contribution in [-0.4, -0.2) is 25.8 Å². The summed E-state index contributed by atoms with van der Waals surface area (Å²) in [4.78, 5) is 0. The highest BCUT2D eigenvalue weighted by Crippen LogP contribution is 2.27. The Morgan fingerprint density at radius 2 is 2.00 bits per heavy atom. The number of rotatable bonds is 7. The summed E-state index contributed by atoms with van der Waals surface area (Å²) >= 11 is 0. The average Bonchev–Trinajstić information content (AvgIpc) is 2.26. The van der Waals surface area contributed by atoms with Crippen LogP contribution in [0.2, 0.25) is 0 Å². The molecule has 2 heteroatoms. The first kappa shape index (κ1) is 14.0. The molecular formula is C14H29NO. The zero-order valence-electron chi connectivity index (χ0n) is 11.3. The van der Waals surface area contributed by atoms with E-state index < -0.39 is 0 Å². The summed E-state index contributed by atoms with van der Waals surface area (Å²) in [6, 6.07) is 0.751. The Kier molecular flexibility index (Phi) is 7.06. The van der Waals surface area contributed by atoms with Crippen LogP contribution in [0.1, 0.15) is 52.9 Å². The van der Waals surface area contributed by atoms with Crippen molar-refractivity contribution in [3.8, 4) is 0 Å². The fourth-order valence-corrected chi connectivity index (χ4v) is 2.64. The van der Waals surface area contributed by atoms with Crippen LogP contribution in [-0.2, 0) is 4.74 Å². The van der Waals surface area contributed by atoms with Crippen molar-refractivity contribution < 1.29 is 4.74 Å². The summed E-state index contributed by atoms with van der Waals surface area (Å²) in [5, 5.41) is 3.63. The largest absolute Gasteiger partial charge is 0.381 e. The van der Waals surface area contributed by atoms with Gasteiger partial charge in [0.05, 0.1) is 0 Å². The van der Waals surface area contributed by atoms with Crippen LogP contribution in [0, 0.1) is 11.8 Å². The molecule has 0 aliphatic heterocycles. The van der Waals surface area contributed by atoms with Crippen molar-refractivity contribution in [3.05, 3.63) is 0 Å². The second-order valence-electron chi connectivity index (χ2n) is 5.47. The first-order valence-corrected chi connectivity index (χ1v) is 7.05. The quantitative estimate of drug-likeness (QED) is 0.674. The fourth-order valence-electron chi connectivity index (χ4n) is 2.64.